The first-order valence-corrected chi connectivity index (χ1v) is 6.07. The molecule has 1 aromatic rings. The number of methoxy groups -OCH3 is 1. The van der Waals surface area contributed by atoms with Crippen molar-refractivity contribution in [3.63, 3.8) is 0 Å². The summed E-state index contributed by atoms with van der Waals surface area (Å²) in [5.74, 6) is 3.51. The highest BCUT2D eigenvalue weighted by atomic mass is 32.2. The van der Waals surface area contributed by atoms with E-state index in [-0.39, 0.29) is 0 Å². The molecule has 2 N–H and O–H groups in total. The molecule has 1 aromatic carbocycles. The van der Waals surface area contributed by atoms with Crippen LogP contribution in [0.5, 0.6) is 11.5 Å². The molecule has 0 aromatic heterocycles. The first kappa shape index (κ1) is 12.2. The maximum absolute atomic E-state index is 5.59. The van der Waals surface area contributed by atoms with Crippen LogP contribution in [-0.4, -0.2) is 31.8 Å². The standard InChI is InChI=1S/C11H17NO2S/c1-13-10-4-2-3-5-11(10)14-7-9-15-8-6-12/h2-5H,6-9,12H2,1H3. The predicted molar refractivity (Wildman–Crippen MR) is 64.9 cm³/mol. The molecule has 0 aliphatic carbocycles. The van der Waals surface area contributed by atoms with E-state index < -0.39 is 0 Å². The third-order valence-electron chi connectivity index (χ3n) is 1.82. The minimum Gasteiger partial charge on any atom is -0.493 e. The first-order chi connectivity index (χ1) is 7.38. The molecule has 0 heterocycles. The molecule has 0 atom stereocenters. The number of nitrogens with two attached hydrogens (primary N) is 1. The van der Waals surface area contributed by atoms with Gasteiger partial charge in [0.1, 0.15) is 0 Å². The lowest BCUT2D eigenvalue weighted by Gasteiger charge is -2.09. The molecule has 0 amide bonds. The van der Waals surface area contributed by atoms with Crippen molar-refractivity contribution in [2.45, 2.75) is 0 Å². The van der Waals surface area contributed by atoms with Crippen molar-refractivity contribution in [3.05, 3.63) is 24.3 Å². The van der Waals surface area contributed by atoms with Crippen molar-refractivity contribution in [2.75, 3.05) is 31.8 Å². The van der Waals surface area contributed by atoms with Gasteiger partial charge in [-0.3, -0.25) is 0 Å². The van der Waals surface area contributed by atoms with Crippen LogP contribution in [0.4, 0.5) is 0 Å². The minimum absolute atomic E-state index is 0.686. The Morgan fingerprint density at radius 3 is 2.60 bits per heavy atom. The average Bonchev–Trinajstić information content (AvgIpc) is 2.29. The second-order valence-electron chi connectivity index (χ2n) is 2.90. The van der Waals surface area contributed by atoms with Crippen LogP contribution in [0.25, 0.3) is 0 Å². The van der Waals surface area contributed by atoms with E-state index in [1.807, 2.05) is 24.3 Å². The Morgan fingerprint density at radius 1 is 1.20 bits per heavy atom. The van der Waals surface area contributed by atoms with Crippen LogP contribution in [-0.2, 0) is 0 Å². The summed E-state index contributed by atoms with van der Waals surface area (Å²) >= 11 is 1.80. The molecule has 0 bridgehead atoms. The third kappa shape index (κ3) is 4.44. The Balaban J connectivity index is 2.30. The fourth-order valence-electron chi connectivity index (χ4n) is 1.13. The van der Waals surface area contributed by atoms with Gasteiger partial charge in [-0.1, -0.05) is 12.1 Å². The second kappa shape index (κ2) is 7.43. The molecule has 0 radical (unpaired) electrons. The lowest BCUT2D eigenvalue weighted by molar-refractivity contribution is 0.313. The van der Waals surface area contributed by atoms with Gasteiger partial charge >= 0.3 is 0 Å². The molecule has 4 heteroatoms. The zero-order valence-electron chi connectivity index (χ0n) is 8.94. The highest BCUT2D eigenvalue weighted by Crippen LogP contribution is 2.25. The molecule has 0 unspecified atom stereocenters. The third-order valence-corrected chi connectivity index (χ3v) is 2.80. The summed E-state index contributed by atoms with van der Waals surface area (Å²) in [6.07, 6.45) is 0. The molecule has 1 rings (SSSR count). The van der Waals surface area contributed by atoms with Gasteiger partial charge in [-0.05, 0) is 12.1 Å². The first-order valence-electron chi connectivity index (χ1n) is 4.92. The van der Waals surface area contributed by atoms with Crippen molar-refractivity contribution in [1.82, 2.24) is 0 Å². The quantitative estimate of drug-likeness (QED) is 0.721. The SMILES string of the molecule is COc1ccccc1OCCSCCN. The van der Waals surface area contributed by atoms with Crippen molar-refractivity contribution in [3.8, 4) is 11.5 Å². The summed E-state index contributed by atoms with van der Waals surface area (Å²) in [6.45, 7) is 1.41. The van der Waals surface area contributed by atoms with Gasteiger partial charge in [0.25, 0.3) is 0 Å². The van der Waals surface area contributed by atoms with E-state index in [9.17, 15) is 0 Å². The number of hydrogen-bond donors (Lipinski definition) is 1. The van der Waals surface area contributed by atoms with E-state index in [0.29, 0.717) is 6.61 Å². The van der Waals surface area contributed by atoms with Gasteiger partial charge in [0.05, 0.1) is 13.7 Å². The molecule has 0 aliphatic heterocycles. The Kier molecular flexibility index (Phi) is 6.04. The Hall–Kier alpha value is -0.870. The van der Waals surface area contributed by atoms with Crippen LogP contribution in [0.1, 0.15) is 0 Å². The maximum Gasteiger partial charge on any atom is 0.161 e. The molecule has 0 aliphatic rings. The summed E-state index contributed by atoms with van der Waals surface area (Å²) in [5.41, 5.74) is 5.39. The van der Waals surface area contributed by atoms with Gasteiger partial charge in [0.15, 0.2) is 11.5 Å². The maximum atomic E-state index is 5.59. The number of rotatable bonds is 7. The van der Waals surface area contributed by atoms with Crippen LogP contribution < -0.4 is 15.2 Å². The summed E-state index contributed by atoms with van der Waals surface area (Å²) in [4.78, 5) is 0. The molecule has 84 valence electrons. The number of para-hydroxylation sites is 2. The van der Waals surface area contributed by atoms with Gasteiger partial charge < -0.3 is 15.2 Å². The van der Waals surface area contributed by atoms with Gasteiger partial charge in [-0.2, -0.15) is 11.8 Å². The molecule has 15 heavy (non-hydrogen) atoms. The van der Waals surface area contributed by atoms with E-state index in [2.05, 4.69) is 0 Å². The molecular weight excluding hydrogens is 210 g/mol. The average molecular weight is 227 g/mol. The number of hydrogen-bond acceptors (Lipinski definition) is 4. The van der Waals surface area contributed by atoms with Crippen LogP contribution in [0.15, 0.2) is 24.3 Å². The number of ether oxygens (including phenoxy) is 2. The van der Waals surface area contributed by atoms with E-state index in [4.69, 9.17) is 15.2 Å². The summed E-state index contributed by atoms with van der Waals surface area (Å²) in [6, 6.07) is 7.66. The minimum atomic E-state index is 0.686. The number of thioether (sulfide) groups is 1. The Bertz CT molecular complexity index is 281. The smallest absolute Gasteiger partial charge is 0.161 e. The highest BCUT2D eigenvalue weighted by molar-refractivity contribution is 7.99. The van der Waals surface area contributed by atoms with Crippen LogP contribution >= 0.6 is 11.8 Å². The largest absolute Gasteiger partial charge is 0.493 e. The van der Waals surface area contributed by atoms with Crippen LogP contribution in [0.3, 0.4) is 0 Å². The van der Waals surface area contributed by atoms with E-state index in [1.54, 1.807) is 18.9 Å². The van der Waals surface area contributed by atoms with Crippen molar-refractivity contribution in [2.24, 2.45) is 5.73 Å². The predicted octanol–water partition coefficient (Wildman–Crippen LogP) is 1.77. The molecule has 0 saturated carbocycles. The van der Waals surface area contributed by atoms with Crippen molar-refractivity contribution < 1.29 is 9.47 Å². The fourth-order valence-corrected chi connectivity index (χ4v) is 1.71. The molecule has 0 fully saturated rings. The van der Waals surface area contributed by atoms with Crippen LogP contribution in [0.2, 0.25) is 0 Å². The molecule has 0 saturated heterocycles. The highest BCUT2D eigenvalue weighted by Gasteiger charge is 2.01. The number of benzene rings is 1. The van der Waals surface area contributed by atoms with Gasteiger partial charge in [0.2, 0.25) is 0 Å². The normalized spacial score (nSPS) is 10.0. The summed E-state index contributed by atoms with van der Waals surface area (Å²) in [5, 5.41) is 0. The second-order valence-corrected chi connectivity index (χ2v) is 4.13. The van der Waals surface area contributed by atoms with Gasteiger partial charge in [-0.25, -0.2) is 0 Å². The fraction of sp³-hybridized carbons (Fsp3) is 0.455. The lowest BCUT2D eigenvalue weighted by Crippen LogP contribution is -2.06. The van der Waals surface area contributed by atoms with Crippen LogP contribution in [0, 0.1) is 0 Å². The van der Waals surface area contributed by atoms with Crippen molar-refractivity contribution >= 4 is 11.8 Å². The summed E-state index contributed by atoms with van der Waals surface area (Å²) in [7, 11) is 1.64. The van der Waals surface area contributed by atoms with E-state index in [0.717, 1.165) is 29.5 Å². The van der Waals surface area contributed by atoms with E-state index >= 15 is 0 Å². The van der Waals surface area contributed by atoms with Gasteiger partial charge in [-0.15, -0.1) is 0 Å². The Labute approximate surface area is 94.9 Å². The van der Waals surface area contributed by atoms with E-state index in [1.165, 1.54) is 0 Å². The van der Waals surface area contributed by atoms with Gasteiger partial charge in [0, 0.05) is 18.1 Å². The Morgan fingerprint density at radius 2 is 1.93 bits per heavy atom. The monoisotopic (exact) mass is 227 g/mol. The topological polar surface area (TPSA) is 44.5 Å². The summed E-state index contributed by atoms with van der Waals surface area (Å²) < 4.78 is 10.8. The molecular formula is C11H17NO2S. The molecule has 0 spiro atoms. The zero-order valence-corrected chi connectivity index (χ0v) is 9.76. The lowest BCUT2D eigenvalue weighted by atomic mass is 10.3. The molecule has 3 nitrogen and oxygen atoms in total. The zero-order chi connectivity index (χ0) is 10.9. The van der Waals surface area contributed by atoms with Crippen molar-refractivity contribution in [1.29, 1.82) is 0 Å².